The molecule has 5 atom stereocenters. The second-order valence-corrected chi connectivity index (χ2v) is 29.2. The van der Waals surface area contributed by atoms with Gasteiger partial charge in [0.15, 0.2) is 12.2 Å². The molecule has 0 radical (unpaired) electrons. The van der Waals surface area contributed by atoms with E-state index in [0.29, 0.717) is 25.7 Å². The Hall–Kier alpha value is -2.98. The van der Waals surface area contributed by atoms with Crippen molar-refractivity contribution in [2.75, 3.05) is 39.6 Å². The van der Waals surface area contributed by atoms with Crippen LogP contribution >= 0.6 is 15.6 Å². The lowest BCUT2D eigenvalue weighted by Crippen LogP contribution is -2.30. The van der Waals surface area contributed by atoms with Gasteiger partial charge in [0.25, 0.3) is 0 Å². The third-order valence-corrected chi connectivity index (χ3v) is 18.7. The molecule has 0 aliphatic heterocycles. The highest BCUT2D eigenvalue weighted by Crippen LogP contribution is 2.45. The van der Waals surface area contributed by atoms with Crippen LogP contribution in [0.4, 0.5) is 0 Å². The zero-order chi connectivity index (χ0) is 70.4. The monoisotopic (exact) mass is 1400 g/mol. The van der Waals surface area contributed by atoms with Crippen LogP contribution in [-0.2, 0) is 65.4 Å². The number of ether oxygens (including phenoxy) is 4. The molecule has 0 bridgehead atoms. The first-order valence-corrected chi connectivity index (χ1v) is 41.9. The molecule has 0 saturated carbocycles. The Morgan fingerprint density at radius 3 is 0.812 bits per heavy atom. The van der Waals surface area contributed by atoms with Crippen LogP contribution < -0.4 is 0 Å². The Morgan fingerprint density at radius 2 is 0.510 bits per heavy atom. The van der Waals surface area contributed by atoms with Gasteiger partial charge in [0.2, 0.25) is 0 Å². The molecule has 0 aromatic heterocycles. The average molecular weight is 1400 g/mol. The minimum absolute atomic E-state index is 0.0820. The summed E-state index contributed by atoms with van der Waals surface area (Å²) in [6.07, 6.45) is 66.6. The van der Waals surface area contributed by atoms with Crippen LogP contribution in [0.1, 0.15) is 362 Å². The van der Waals surface area contributed by atoms with Crippen LogP contribution in [0.5, 0.6) is 0 Å². The molecular formula is C77H142O17P2. The molecule has 0 spiro atoms. The molecule has 19 heteroatoms. The molecular weight excluding hydrogens is 1260 g/mol. The van der Waals surface area contributed by atoms with Crippen molar-refractivity contribution in [3.8, 4) is 0 Å². The van der Waals surface area contributed by atoms with Gasteiger partial charge in [-0.2, -0.15) is 0 Å². The Balaban J connectivity index is 5.33. The highest BCUT2D eigenvalue weighted by Gasteiger charge is 2.30. The summed E-state index contributed by atoms with van der Waals surface area (Å²) in [5, 5.41) is 10.6. The number of carbonyl (C=O) groups excluding carboxylic acids is 4. The number of aliphatic hydroxyl groups excluding tert-OH is 1. The molecule has 17 nitrogen and oxygen atoms in total. The number of phosphoric ester groups is 2. The Morgan fingerprint density at radius 1 is 0.292 bits per heavy atom. The zero-order valence-corrected chi connectivity index (χ0v) is 63.1. The van der Waals surface area contributed by atoms with E-state index in [0.717, 1.165) is 141 Å². The smallest absolute Gasteiger partial charge is 0.462 e. The lowest BCUT2D eigenvalue weighted by molar-refractivity contribution is -0.161. The molecule has 3 N–H and O–H groups in total. The Kier molecular flexibility index (Phi) is 68.3. The lowest BCUT2D eigenvalue weighted by atomic mass is 10.0. The number of carbonyl (C=O) groups is 4. The Bertz CT molecular complexity index is 2010. The maximum absolute atomic E-state index is 13.1. The van der Waals surface area contributed by atoms with Crippen LogP contribution in [0, 0.1) is 0 Å². The van der Waals surface area contributed by atoms with Gasteiger partial charge in [-0.15, -0.1) is 0 Å². The van der Waals surface area contributed by atoms with E-state index in [1.165, 1.54) is 141 Å². The van der Waals surface area contributed by atoms with E-state index in [9.17, 15) is 43.2 Å². The fraction of sp³-hybridized carbons (Fsp3) is 0.844. The van der Waals surface area contributed by atoms with E-state index in [-0.39, 0.29) is 25.7 Å². The first-order valence-electron chi connectivity index (χ1n) is 38.9. The molecule has 562 valence electrons. The summed E-state index contributed by atoms with van der Waals surface area (Å²) in [4.78, 5) is 72.8. The summed E-state index contributed by atoms with van der Waals surface area (Å²) in [6, 6.07) is 0. The Labute approximate surface area is 585 Å². The van der Waals surface area contributed by atoms with Gasteiger partial charge in [0, 0.05) is 25.7 Å². The summed E-state index contributed by atoms with van der Waals surface area (Å²) in [7, 11) is -9.94. The summed E-state index contributed by atoms with van der Waals surface area (Å²) < 4.78 is 68.5. The molecule has 0 heterocycles. The molecule has 0 aromatic rings. The number of hydrogen-bond donors (Lipinski definition) is 3. The van der Waals surface area contributed by atoms with Crippen molar-refractivity contribution in [1.29, 1.82) is 0 Å². The van der Waals surface area contributed by atoms with E-state index in [4.69, 9.17) is 37.0 Å². The normalized spacial score (nSPS) is 14.2. The van der Waals surface area contributed by atoms with Crippen LogP contribution in [-0.4, -0.2) is 96.7 Å². The summed E-state index contributed by atoms with van der Waals surface area (Å²) in [6.45, 7) is 4.86. The maximum atomic E-state index is 13.1. The van der Waals surface area contributed by atoms with Gasteiger partial charge in [-0.1, -0.05) is 275 Å². The van der Waals surface area contributed by atoms with Gasteiger partial charge in [-0.25, -0.2) is 9.13 Å². The molecule has 0 aromatic carbocycles. The maximum Gasteiger partial charge on any atom is 0.472 e. The highest BCUT2D eigenvalue weighted by atomic mass is 31.2. The van der Waals surface area contributed by atoms with E-state index < -0.39 is 97.5 Å². The molecule has 0 aliphatic rings. The van der Waals surface area contributed by atoms with Crippen molar-refractivity contribution in [2.24, 2.45) is 0 Å². The number of esters is 4. The van der Waals surface area contributed by atoms with Gasteiger partial charge >= 0.3 is 39.5 Å². The van der Waals surface area contributed by atoms with Gasteiger partial charge in [-0.3, -0.25) is 37.3 Å². The topological polar surface area (TPSA) is 237 Å². The lowest BCUT2D eigenvalue weighted by Gasteiger charge is -2.21. The minimum atomic E-state index is -4.97. The highest BCUT2D eigenvalue weighted by molar-refractivity contribution is 7.47. The zero-order valence-electron chi connectivity index (χ0n) is 61.3. The number of unbranched alkanes of at least 4 members (excludes halogenated alkanes) is 40. The molecule has 0 aliphatic carbocycles. The summed E-state index contributed by atoms with van der Waals surface area (Å²) in [5.41, 5.74) is 0. The van der Waals surface area contributed by atoms with Crippen LogP contribution in [0.2, 0.25) is 0 Å². The SMILES string of the molecule is CCCCC/C=C\C/C=C\CCCCCCCC(=O)O[C@H](COC(=O)CCCCCCC/C=C\CCCCCCCC)COP(=O)(O)OC[C@H](O)COP(=O)(O)OC[C@@H](COC(=O)CCCCCCCCCCCCCCC)OC(=O)CCCCCCC/C=C\CCCCCC. The molecule has 0 saturated heterocycles. The number of phosphoric acid groups is 2. The second kappa shape index (κ2) is 70.5. The first-order chi connectivity index (χ1) is 46.7. The third kappa shape index (κ3) is 69.5. The standard InChI is InChI=1S/C77H142O17P2/c1-5-9-13-17-21-25-29-33-35-39-42-46-50-54-58-62-75(80)88-68-73(94-77(82)64-60-56-52-48-44-40-36-34-30-26-22-18-14-10-6-2)70-92-96(85,86)90-66-71(78)65-89-95(83,84)91-69-72(93-76(81)63-59-55-51-47-43-38-32-28-24-20-16-12-8-4)67-87-74(79)61-57-53-49-45-41-37-31-27-23-19-15-11-7-3/h22,26,28,32-36,71-73,78H,5-21,23-25,27,29-31,37-70H2,1-4H3,(H,83,84)(H,85,86)/b26-22-,32-28-,35-33-,36-34-/t71-,72-,73-/m1/s1. The predicted molar refractivity (Wildman–Crippen MR) is 390 cm³/mol. The van der Waals surface area contributed by atoms with Gasteiger partial charge in [-0.05, 0) is 109 Å². The molecule has 0 rings (SSSR count). The molecule has 0 amide bonds. The first kappa shape index (κ1) is 93.0. The second-order valence-electron chi connectivity index (χ2n) is 26.3. The average Bonchev–Trinajstić information content (AvgIpc) is 1.43. The van der Waals surface area contributed by atoms with Crippen molar-refractivity contribution in [3.05, 3.63) is 48.6 Å². The number of rotatable bonds is 74. The number of hydrogen-bond acceptors (Lipinski definition) is 15. The van der Waals surface area contributed by atoms with Crippen molar-refractivity contribution >= 4 is 39.5 Å². The van der Waals surface area contributed by atoms with Crippen molar-refractivity contribution in [3.63, 3.8) is 0 Å². The summed E-state index contributed by atoms with van der Waals surface area (Å²) >= 11 is 0. The predicted octanol–water partition coefficient (Wildman–Crippen LogP) is 22.1. The van der Waals surface area contributed by atoms with E-state index in [1.807, 2.05) is 0 Å². The van der Waals surface area contributed by atoms with Crippen LogP contribution in [0.3, 0.4) is 0 Å². The fourth-order valence-electron chi connectivity index (χ4n) is 10.8. The van der Waals surface area contributed by atoms with Crippen molar-refractivity contribution < 1.29 is 80.2 Å². The number of allylic oxidation sites excluding steroid dienone is 8. The van der Waals surface area contributed by atoms with Crippen molar-refractivity contribution in [2.45, 2.75) is 380 Å². The van der Waals surface area contributed by atoms with E-state index in [2.05, 4.69) is 76.3 Å². The van der Waals surface area contributed by atoms with Crippen molar-refractivity contribution in [1.82, 2.24) is 0 Å². The van der Waals surface area contributed by atoms with E-state index >= 15 is 0 Å². The van der Waals surface area contributed by atoms with Gasteiger partial charge in [0.05, 0.1) is 26.4 Å². The summed E-state index contributed by atoms with van der Waals surface area (Å²) in [5.74, 6) is -2.17. The van der Waals surface area contributed by atoms with Gasteiger partial charge in [0.1, 0.15) is 19.3 Å². The minimum Gasteiger partial charge on any atom is -0.462 e. The van der Waals surface area contributed by atoms with Crippen LogP contribution in [0.15, 0.2) is 48.6 Å². The number of aliphatic hydroxyl groups is 1. The third-order valence-electron chi connectivity index (χ3n) is 16.8. The van der Waals surface area contributed by atoms with Crippen LogP contribution in [0.25, 0.3) is 0 Å². The quantitative estimate of drug-likeness (QED) is 0.0169. The van der Waals surface area contributed by atoms with Gasteiger partial charge < -0.3 is 33.8 Å². The largest absolute Gasteiger partial charge is 0.472 e. The van der Waals surface area contributed by atoms with E-state index in [1.54, 1.807) is 0 Å². The molecule has 0 fully saturated rings. The molecule has 2 unspecified atom stereocenters. The molecule has 96 heavy (non-hydrogen) atoms. The fourth-order valence-corrected chi connectivity index (χ4v) is 12.3.